The summed E-state index contributed by atoms with van der Waals surface area (Å²) >= 11 is 11.5. The van der Waals surface area contributed by atoms with Crippen LogP contribution < -0.4 is 5.32 Å². The summed E-state index contributed by atoms with van der Waals surface area (Å²) in [6.45, 7) is 3.62. The molecule has 0 aliphatic carbocycles. The van der Waals surface area contributed by atoms with Crippen LogP contribution in [0.4, 0.5) is 0 Å². The summed E-state index contributed by atoms with van der Waals surface area (Å²) in [5.74, 6) is 2.13. The number of nitrogens with zero attached hydrogens (tertiary/aromatic N) is 1. The first-order valence-electron chi connectivity index (χ1n) is 9.67. The molecule has 1 heterocycles. The number of hydrogen-bond acceptors (Lipinski definition) is 3. The predicted molar refractivity (Wildman–Crippen MR) is 123 cm³/mol. The summed E-state index contributed by atoms with van der Waals surface area (Å²) in [7, 11) is 0. The van der Waals surface area contributed by atoms with Gasteiger partial charge in [0, 0.05) is 40.0 Å². The van der Waals surface area contributed by atoms with Gasteiger partial charge in [-0.25, -0.2) is 0 Å². The lowest BCUT2D eigenvalue weighted by molar-refractivity contribution is -0.126. The third-order valence-electron chi connectivity index (χ3n) is 5.01. The van der Waals surface area contributed by atoms with Gasteiger partial charge in [0.25, 0.3) is 0 Å². The van der Waals surface area contributed by atoms with E-state index in [1.165, 1.54) is 5.56 Å². The summed E-state index contributed by atoms with van der Waals surface area (Å²) in [6.07, 6.45) is 1.87. The lowest BCUT2D eigenvalue weighted by Gasteiger charge is -2.31. The van der Waals surface area contributed by atoms with Crippen molar-refractivity contribution in [3.63, 3.8) is 0 Å². The van der Waals surface area contributed by atoms with Crippen molar-refractivity contribution < 1.29 is 4.79 Å². The molecule has 0 bridgehead atoms. The van der Waals surface area contributed by atoms with Gasteiger partial charge in [0.05, 0.1) is 0 Å². The SMILES string of the molecule is O=C(NCCSCc1ccccc1Cl)C1CCN(Cc2cccc(Br)c2)CC1. The number of thioether (sulfide) groups is 1. The van der Waals surface area contributed by atoms with Crippen molar-refractivity contribution in [2.75, 3.05) is 25.4 Å². The van der Waals surface area contributed by atoms with Crippen molar-refractivity contribution in [3.8, 4) is 0 Å². The standard InChI is InChI=1S/C22H26BrClN2OS/c23-20-6-3-4-17(14-20)15-26-11-8-18(9-12-26)22(27)25-10-13-28-16-19-5-1-2-7-21(19)24/h1-7,14,18H,8-13,15-16H2,(H,25,27). The number of carbonyl (C=O) groups excluding carboxylic acids is 1. The van der Waals surface area contributed by atoms with Crippen LogP contribution in [0.5, 0.6) is 0 Å². The molecule has 2 aromatic rings. The molecule has 0 radical (unpaired) electrons. The molecule has 28 heavy (non-hydrogen) atoms. The Bertz CT molecular complexity index is 781. The van der Waals surface area contributed by atoms with Gasteiger partial charge in [0.15, 0.2) is 0 Å². The van der Waals surface area contributed by atoms with Crippen LogP contribution in [0.2, 0.25) is 5.02 Å². The molecule has 3 nitrogen and oxygen atoms in total. The second-order valence-corrected chi connectivity index (χ2v) is 9.54. The maximum atomic E-state index is 12.4. The molecule has 0 atom stereocenters. The number of nitrogens with one attached hydrogen (secondary N) is 1. The van der Waals surface area contributed by atoms with E-state index in [-0.39, 0.29) is 11.8 Å². The van der Waals surface area contributed by atoms with Crippen LogP contribution in [-0.4, -0.2) is 36.2 Å². The molecular formula is C22H26BrClN2OS. The van der Waals surface area contributed by atoms with E-state index in [1.807, 2.05) is 24.3 Å². The van der Waals surface area contributed by atoms with Gasteiger partial charge in [-0.2, -0.15) is 11.8 Å². The average molecular weight is 482 g/mol. The topological polar surface area (TPSA) is 32.3 Å². The predicted octanol–water partition coefficient (Wildman–Crippen LogP) is 5.36. The monoisotopic (exact) mass is 480 g/mol. The van der Waals surface area contributed by atoms with Gasteiger partial charge in [0.1, 0.15) is 0 Å². The van der Waals surface area contributed by atoms with Crippen LogP contribution in [0.25, 0.3) is 0 Å². The Morgan fingerprint density at radius 3 is 2.71 bits per heavy atom. The zero-order valence-electron chi connectivity index (χ0n) is 15.9. The first-order valence-corrected chi connectivity index (χ1v) is 12.0. The first kappa shape index (κ1) is 21.7. The molecule has 1 amide bonds. The number of carbonyl (C=O) groups is 1. The Labute approximate surface area is 185 Å². The Morgan fingerprint density at radius 2 is 1.96 bits per heavy atom. The van der Waals surface area contributed by atoms with E-state index in [1.54, 1.807) is 11.8 Å². The Balaban J connectivity index is 1.31. The molecule has 0 unspecified atom stereocenters. The first-order chi connectivity index (χ1) is 13.6. The highest BCUT2D eigenvalue weighted by molar-refractivity contribution is 9.10. The molecule has 150 valence electrons. The quantitative estimate of drug-likeness (QED) is 0.515. The number of likely N-dealkylation sites (tertiary alicyclic amines) is 1. The van der Waals surface area contributed by atoms with Crippen LogP contribution in [0.15, 0.2) is 53.0 Å². The smallest absolute Gasteiger partial charge is 0.223 e. The lowest BCUT2D eigenvalue weighted by atomic mass is 9.95. The summed E-state index contributed by atoms with van der Waals surface area (Å²) in [5, 5.41) is 3.92. The van der Waals surface area contributed by atoms with E-state index in [9.17, 15) is 4.79 Å². The molecule has 0 spiro atoms. The van der Waals surface area contributed by atoms with Gasteiger partial charge < -0.3 is 5.32 Å². The molecule has 3 rings (SSSR count). The summed E-state index contributed by atoms with van der Waals surface area (Å²) in [4.78, 5) is 14.9. The van der Waals surface area contributed by atoms with Crippen LogP contribution in [0.3, 0.4) is 0 Å². The molecule has 1 aliphatic rings. The average Bonchev–Trinajstić information content (AvgIpc) is 2.69. The van der Waals surface area contributed by atoms with Crippen molar-refractivity contribution in [1.82, 2.24) is 10.2 Å². The fraction of sp³-hybridized carbons (Fsp3) is 0.409. The van der Waals surface area contributed by atoms with Gasteiger partial charge in [-0.1, -0.05) is 57.9 Å². The minimum atomic E-state index is 0.146. The largest absolute Gasteiger partial charge is 0.355 e. The van der Waals surface area contributed by atoms with E-state index >= 15 is 0 Å². The fourth-order valence-corrected chi connectivity index (χ4v) is 5.03. The van der Waals surface area contributed by atoms with Crippen molar-refractivity contribution in [2.45, 2.75) is 25.1 Å². The van der Waals surface area contributed by atoms with Crippen molar-refractivity contribution in [1.29, 1.82) is 0 Å². The maximum absolute atomic E-state index is 12.4. The van der Waals surface area contributed by atoms with Crippen LogP contribution in [0.1, 0.15) is 24.0 Å². The number of benzene rings is 2. The number of hydrogen-bond donors (Lipinski definition) is 1. The second-order valence-electron chi connectivity index (χ2n) is 7.12. The van der Waals surface area contributed by atoms with E-state index in [0.29, 0.717) is 6.54 Å². The van der Waals surface area contributed by atoms with Gasteiger partial charge in [0.2, 0.25) is 5.91 Å². The highest BCUT2D eigenvalue weighted by Gasteiger charge is 2.24. The third kappa shape index (κ3) is 6.80. The minimum Gasteiger partial charge on any atom is -0.355 e. The van der Waals surface area contributed by atoms with Crippen molar-refractivity contribution >= 4 is 45.2 Å². The second kappa shape index (κ2) is 11.2. The van der Waals surface area contributed by atoms with Crippen molar-refractivity contribution in [2.24, 2.45) is 5.92 Å². The molecule has 1 saturated heterocycles. The molecule has 2 aromatic carbocycles. The maximum Gasteiger partial charge on any atom is 0.223 e. The summed E-state index contributed by atoms with van der Waals surface area (Å²) in [6, 6.07) is 16.4. The van der Waals surface area contributed by atoms with Gasteiger partial charge in [-0.15, -0.1) is 0 Å². The van der Waals surface area contributed by atoms with Gasteiger partial charge in [-0.3, -0.25) is 9.69 Å². The molecule has 0 saturated carbocycles. The van der Waals surface area contributed by atoms with E-state index in [2.05, 4.69) is 50.4 Å². The van der Waals surface area contributed by atoms with E-state index < -0.39 is 0 Å². The minimum absolute atomic E-state index is 0.146. The van der Waals surface area contributed by atoms with E-state index in [4.69, 9.17) is 11.6 Å². The summed E-state index contributed by atoms with van der Waals surface area (Å²) in [5.41, 5.74) is 2.46. The van der Waals surface area contributed by atoms with Gasteiger partial charge in [-0.05, 0) is 55.3 Å². The van der Waals surface area contributed by atoms with Crippen LogP contribution >= 0.6 is 39.3 Å². The normalized spacial score (nSPS) is 15.5. The fourth-order valence-electron chi connectivity index (χ4n) is 3.44. The molecule has 1 N–H and O–H groups in total. The van der Waals surface area contributed by atoms with Crippen LogP contribution in [-0.2, 0) is 17.1 Å². The molecule has 0 aromatic heterocycles. The lowest BCUT2D eigenvalue weighted by Crippen LogP contribution is -2.40. The highest BCUT2D eigenvalue weighted by atomic mass is 79.9. The number of halogens is 2. The van der Waals surface area contributed by atoms with E-state index in [0.717, 1.165) is 59.0 Å². The zero-order chi connectivity index (χ0) is 19.8. The van der Waals surface area contributed by atoms with Gasteiger partial charge >= 0.3 is 0 Å². The molecule has 1 aliphatic heterocycles. The number of amides is 1. The van der Waals surface area contributed by atoms with Crippen molar-refractivity contribution in [3.05, 3.63) is 69.2 Å². The zero-order valence-corrected chi connectivity index (χ0v) is 19.0. The number of piperidine rings is 1. The molecular weight excluding hydrogens is 456 g/mol. The van der Waals surface area contributed by atoms with Crippen LogP contribution in [0, 0.1) is 5.92 Å². The Kier molecular flexibility index (Phi) is 8.71. The number of rotatable bonds is 8. The molecule has 6 heteroatoms. The molecule has 1 fully saturated rings. The highest BCUT2D eigenvalue weighted by Crippen LogP contribution is 2.22. The third-order valence-corrected chi connectivity index (χ3v) is 6.88. The Morgan fingerprint density at radius 1 is 1.18 bits per heavy atom. The Hall–Kier alpha value is -1.01. The summed E-state index contributed by atoms with van der Waals surface area (Å²) < 4.78 is 1.12.